The highest BCUT2D eigenvalue weighted by molar-refractivity contribution is 7.15. The molecule has 0 aliphatic rings. The van der Waals surface area contributed by atoms with Crippen molar-refractivity contribution in [2.24, 2.45) is 0 Å². The van der Waals surface area contributed by atoms with E-state index < -0.39 is 0 Å². The summed E-state index contributed by atoms with van der Waals surface area (Å²) in [6.07, 6.45) is 1.41. The first-order valence-electron chi connectivity index (χ1n) is 7.84. The molecule has 2 heterocycles. The van der Waals surface area contributed by atoms with Gasteiger partial charge >= 0.3 is 0 Å². The van der Waals surface area contributed by atoms with Crippen LogP contribution in [0, 0.1) is 0 Å². The fourth-order valence-electron chi connectivity index (χ4n) is 2.14. The number of nitrogens with zero attached hydrogens (tertiary/aromatic N) is 4. The van der Waals surface area contributed by atoms with E-state index in [-0.39, 0.29) is 5.91 Å². The van der Waals surface area contributed by atoms with Gasteiger partial charge in [-0.3, -0.25) is 4.79 Å². The molecule has 0 aliphatic carbocycles. The first kappa shape index (κ1) is 18.4. The van der Waals surface area contributed by atoms with E-state index in [2.05, 4.69) is 25.7 Å². The van der Waals surface area contributed by atoms with Gasteiger partial charge in [-0.1, -0.05) is 28.1 Å². The number of halogens is 1. The van der Waals surface area contributed by atoms with E-state index in [4.69, 9.17) is 20.9 Å². The van der Waals surface area contributed by atoms with Crippen molar-refractivity contribution in [1.82, 2.24) is 20.3 Å². The molecule has 0 saturated heterocycles. The molecule has 3 aromatic rings. The third-order valence-electron chi connectivity index (χ3n) is 3.35. The predicted octanol–water partition coefficient (Wildman–Crippen LogP) is 3.35. The maximum Gasteiger partial charge on any atom is 0.226 e. The van der Waals surface area contributed by atoms with Crippen molar-refractivity contribution in [3.63, 3.8) is 0 Å². The van der Waals surface area contributed by atoms with E-state index >= 15 is 0 Å². The quantitative estimate of drug-likeness (QED) is 0.625. The number of carbonyl (C=O) groups is 1. The average molecular weight is 394 g/mol. The van der Waals surface area contributed by atoms with Gasteiger partial charge in [-0.2, -0.15) is 4.98 Å². The molecular weight excluding hydrogens is 378 g/mol. The number of hydrogen-bond donors (Lipinski definition) is 1. The minimum atomic E-state index is -0.137. The Labute approximate surface area is 158 Å². The molecule has 3 rings (SSSR count). The summed E-state index contributed by atoms with van der Waals surface area (Å²) < 4.78 is 10.2. The number of carbonyl (C=O) groups excluding carboxylic acids is 1. The Bertz CT molecular complexity index is 865. The molecule has 0 fully saturated rings. The molecule has 0 saturated carbocycles. The van der Waals surface area contributed by atoms with Crippen molar-refractivity contribution in [1.29, 1.82) is 0 Å². The summed E-state index contributed by atoms with van der Waals surface area (Å²) in [4.78, 5) is 16.3. The Kier molecular flexibility index (Phi) is 6.26. The normalized spacial score (nSPS) is 10.8. The van der Waals surface area contributed by atoms with Crippen LogP contribution >= 0.6 is 22.9 Å². The molecule has 2 aromatic heterocycles. The van der Waals surface area contributed by atoms with Crippen molar-refractivity contribution in [3.8, 4) is 11.4 Å². The summed E-state index contributed by atoms with van der Waals surface area (Å²) in [6, 6.07) is 7.18. The Balaban J connectivity index is 1.45. The Morgan fingerprint density at radius 1 is 1.31 bits per heavy atom. The smallest absolute Gasteiger partial charge is 0.226 e. The third kappa shape index (κ3) is 5.07. The van der Waals surface area contributed by atoms with Crippen molar-refractivity contribution < 1.29 is 14.1 Å². The molecule has 0 bridgehead atoms. The van der Waals surface area contributed by atoms with Crippen LogP contribution in [0.3, 0.4) is 0 Å². The largest absolute Gasteiger partial charge is 0.377 e. The molecule has 0 atom stereocenters. The maximum atomic E-state index is 11.9. The monoisotopic (exact) mass is 393 g/mol. The number of benzene rings is 1. The highest BCUT2D eigenvalue weighted by Crippen LogP contribution is 2.19. The second-order valence-corrected chi connectivity index (χ2v) is 6.85. The van der Waals surface area contributed by atoms with Gasteiger partial charge in [0.05, 0.1) is 0 Å². The van der Waals surface area contributed by atoms with E-state index in [1.165, 1.54) is 11.3 Å². The molecule has 8 nitrogen and oxygen atoms in total. The number of aryl methyl sites for hydroxylation is 1. The standard InChI is InChI=1S/C16H16ClN5O3S/c1-24-9-14-20-21-16(26-14)18-12(23)3-2-4-13-19-15(22-25-13)10-5-7-11(17)8-6-10/h5-8H,2-4,9H2,1H3,(H,18,21,23). The number of rotatable bonds is 8. The predicted molar refractivity (Wildman–Crippen MR) is 96.9 cm³/mol. The SMILES string of the molecule is COCc1nnc(NC(=O)CCCc2nc(-c3ccc(Cl)cc3)no2)s1. The van der Waals surface area contributed by atoms with E-state index in [9.17, 15) is 4.79 Å². The van der Waals surface area contributed by atoms with E-state index in [0.717, 1.165) is 5.56 Å². The lowest BCUT2D eigenvalue weighted by Crippen LogP contribution is -2.11. The summed E-state index contributed by atoms with van der Waals surface area (Å²) in [5, 5.41) is 16.3. The van der Waals surface area contributed by atoms with Crippen LogP contribution in [-0.2, 0) is 22.6 Å². The van der Waals surface area contributed by atoms with Crippen molar-refractivity contribution in [3.05, 3.63) is 40.2 Å². The first-order chi connectivity index (χ1) is 12.6. The van der Waals surface area contributed by atoms with Crippen LogP contribution in [-0.4, -0.2) is 33.4 Å². The molecule has 0 radical (unpaired) electrons. The Morgan fingerprint density at radius 3 is 2.88 bits per heavy atom. The van der Waals surface area contributed by atoms with Crippen LogP contribution in [0.5, 0.6) is 0 Å². The molecule has 0 aliphatic heterocycles. The topological polar surface area (TPSA) is 103 Å². The Hall–Kier alpha value is -2.36. The van der Waals surface area contributed by atoms with Crippen molar-refractivity contribution >= 4 is 34.0 Å². The van der Waals surface area contributed by atoms with Crippen LogP contribution in [0.25, 0.3) is 11.4 Å². The van der Waals surface area contributed by atoms with Gasteiger partial charge in [0.15, 0.2) is 0 Å². The highest BCUT2D eigenvalue weighted by Gasteiger charge is 2.11. The van der Waals surface area contributed by atoms with Crippen LogP contribution < -0.4 is 5.32 Å². The zero-order valence-electron chi connectivity index (χ0n) is 13.9. The molecule has 136 valence electrons. The van der Waals surface area contributed by atoms with Gasteiger partial charge in [0.1, 0.15) is 11.6 Å². The van der Waals surface area contributed by atoms with Gasteiger partial charge in [0.25, 0.3) is 0 Å². The summed E-state index contributed by atoms with van der Waals surface area (Å²) in [7, 11) is 1.58. The summed E-state index contributed by atoms with van der Waals surface area (Å²) in [6.45, 7) is 0.376. The number of methoxy groups -OCH3 is 1. The molecule has 0 spiro atoms. The van der Waals surface area contributed by atoms with Crippen LogP contribution in [0.4, 0.5) is 5.13 Å². The van der Waals surface area contributed by atoms with E-state index in [1.54, 1.807) is 19.2 Å². The highest BCUT2D eigenvalue weighted by atomic mass is 35.5. The van der Waals surface area contributed by atoms with E-state index in [0.29, 0.717) is 52.7 Å². The van der Waals surface area contributed by atoms with E-state index in [1.807, 2.05) is 12.1 Å². The number of nitrogens with one attached hydrogen (secondary N) is 1. The molecule has 26 heavy (non-hydrogen) atoms. The molecule has 1 aromatic carbocycles. The number of amides is 1. The zero-order valence-corrected chi connectivity index (χ0v) is 15.5. The lowest BCUT2D eigenvalue weighted by Gasteiger charge is -1.99. The number of ether oxygens (including phenoxy) is 1. The minimum Gasteiger partial charge on any atom is -0.377 e. The van der Waals surface area contributed by atoms with Gasteiger partial charge in [-0.05, 0) is 30.7 Å². The zero-order chi connectivity index (χ0) is 18.4. The van der Waals surface area contributed by atoms with Crippen LogP contribution in [0.2, 0.25) is 5.02 Å². The van der Waals surface area contributed by atoms with Crippen LogP contribution in [0.15, 0.2) is 28.8 Å². The maximum absolute atomic E-state index is 11.9. The first-order valence-corrected chi connectivity index (χ1v) is 9.03. The fourth-order valence-corrected chi connectivity index (χ4v) is 2.99. The number of aromatic nitrogens is 4. The van der Waals surface area contributed by atoms with Gasteiger partial charge in [0.2, 0.25) is 22.8 Å². The lowest BCUT2D eigenvalue weighted by molar-refractivity contribution is -0.116. The fraction of sp³-hybridized carbons (Fsp3) is 0.312. The second kappa shape index (κ2) is 8.84. The molecule has 10 heteroatoms. The van der Waals surface area contributed by atoms with Gasteiger partial charge in [-0.15, -0.1) is 10.2 Å². The summed E-state index contributed by atoms with van der Waals surface area (Å²) in [5.41, 5.74) is 0.824. The average Bonchev–Trinajstić information content (AvgIpc) is 3.26. The van der Waals surface area contributed by atoms with Gasteiger partial charge in [0, 0.05) is 30.5 Å². The number of anilines is 1. The lowest BCUT2D eigenvalue weighted by atomic mass is 10.2. The summed E-state index contributed by atoms with van der Waals surface area (Å²) >= 11 is 7.15. The Morgan fingerprint density at radius 2 is 2.12 bits per heavy atom. The third-order valence-corrected chi connectivity index (χ3v) is 4.41. The molecule has 0 unspecified atom stereocenters. The molecular formula is C16H16ClN5O3S. The molecule has 1 N–H and O–H groups in total. The van der Waals surface area contributed by atoms with Crippen LogP contribution in [0.1, 0.15) is 23.7 Å². The minimum absolute atomic E-state index is 0.137. The van der Waals surface area contributed by atoms with Crippen molar-refractivity contribution in [2.75, 3.05) is 12.4 Å². The van der Waals surface area contributed by atoms with Gasteiger partial charge < -0.3 is 14.6 Å². The van der Waals surface area contributed by atoms with Crippen molar-refractivity contribution in [2.45, 2.75) is 25.9 Å². The number of hydrogen-bond acceptors (Lipinski definition) is 8. The van der Waals surface area contributed by atoms with Gasteiger partial charge in [-0.25, -0.2) is 0 Å². The second-order valence-electron chi connectivity index (χ2n) is 5.35. The summed E-state index contributed by atoms with van der Waals surface area (Å²) in [5.74, 6) is 0.851. The molecule has 1 amide bonds.